The summed E-state index contributed by atoms with van der Waals surface area (Å²) in [6.07, 6.45) is 6.70. The molecule has 2 aliphatic rings. The molecule has 2 heterocycles. The van der Waals surface area contributed by atoms with Crippen molar-refractivity contribution in [3.63, 3.8) is 0 Å². The lowest BCUT2D eigenvalue weighted by Gasteiger charge is -2.34. The van der Waals surface area contributed by atoms with Crippen molar-refractivity contribution in [1.29, 1.82) is 5.26 Å². The predicted molar refractivity (Wildman–Crippen MR) is 122 cm³/mol. The highest BCUT2D eigenvalue weighted by Crippen LogP contribution is 2.36. The van der Waals surface area contributed by atoms with Crippen LogP contribution in [0.5, 0.6) is 0 Å². The molecule has 0 atom stereocenters. The van der Waals surface area contributed by atoms with Gasteiger partial charge in [-0.15, -0.1) is 11.3 Å². The molecule has 31 heavy (non-hydrogen) atoms. The average molecular weight is 441 g/mol. The third-order valence-corrected chi connectivity index (χ3v) is 7.39. The fourth-order valence-corrected chi connectivity index (χ4v) is 5.70. The van der Waals surface area contributed by atoms with Gasteiger partial charge in [0.1, 0.15) is 16.9 Å². The Morgan fingerprint density at radius 3 is 2.42 bits per heavy atom. The molecule has 1 aliphatic carbocycles. The fraction of sp³-hybridized carbons (Fsp3) is 0.500. The van der Waals surface area contributed by atoms with E-state index >= 15 is 0 Å². The second kappa shape index (κ2) is 10.4. The van der Waals surface area contributed by atoms with Crippen molar-refractivity contribution in [1.82, 2.24) is 9.80 Å². The molecular formula is C24H29FN4OS. The molecule has 1 N–H and O–H groups in total. The number of nitrogens with one attached hydrogen (secondary N) is 1. The summed E-state index contributed by atoms with van der Waals surface area (Å²) in [6.45, 7) is 4.54. The first-order valence-corrected chi connectivity index (χ1v) is 12.0. The van der Waals surface area contributed by atoms with Crippen molar-refractivity contribution in [3.05, 3.63) is 51.7 Å². The zero-order valence-electron chi connectivity index (χ0n) is 17.8. The van der Waals surface area contributed by atoms with Crippen LogP contribution in [0.3, 0.4) is 0 Å². The summed E-state index contributed by atoms with van der Waals surface area (Å²) < 4.78 is 13.1. The Bertz CT molecular complexity index is 942. The molecule has 1 fully saturated rings. The van der Waals surface area contributed by atoms with Crippen molar-refractivity contribution in [3.8, 4) is 6.07 Å². The second-order valence-electron chi connectivity index (χ2n) is 8.46. The fourth-order valence-electron chi connectivity index (χ4n) is 4.45. The van der Waals surface area contributed by atoms with Crippen LogP contribution in [0.1, 0.15) is 47.3 Å². The van der Waals surface area contributed by atoms with E-state index in [1.807, 2.05) is 12.1 Å². The zero-order valence-corrected chi connectivity index (χ0v) is 18.6. The van der Waals surface area contributed by atoms with Crippen molar-refractivity contribution < 1.29 is 9.18 Å². The zero-order chi connectivity index (χ0) is 21.6. The Labute approximate surface area is 187 Å². The number of nitrogens with zero attached hydrogens (tertiary/aromatic N) is 3. The van der Waals surface area contributed by atoms with Gasteiger partial charge in [-0.2, -0.15) is 5.26 Å². The number of aryl methyl sites for hydroxylation is 1. The normalized spacial score (nSPS) is 17.9. The number of halogens is 1. The molecule has 2 aromatic rings. The van der Waals surface area contributed by atoms with E-state index in [9.17, 15) is 14.4 Å². The molecule has 1 aromatic carbocycles. The SMILES string of the molecule is N#Cc1c(NC(=O)CN2CCN(Cc3ccc(F)cc3)CC2)sc2c1CCCCCC2. The Morgan fingerprint density at radius 1 is 1.03 bits per heavy atom. The van der Waals surface area contributed by atoms with Gasteiger partial charge < -0.3 is 5.32 Å². The number of rotatable bonds is 5. The highest BCUT2D eigenvalue weighted by atomic mass is 32.1. The van der Waals surface area contributed by atoms with E-state index in [-0.39, 0.29) is 11.7 Å². The number of thiophene rings is 1. The molecule has 0 radical (unpaired) electrons. The van der Waals surface area contributed by atoms with Gasteiger partial charge in [-0.25, -0.2) is 4.39 Å². The highest BCUT2D eigenvalue weighted by Gasteiger charge is 2.23. The number of amides is 1. The van der Waals surface area contributed by atoms with E-state index in [1.54, 1.807) is 11.3 Å². The summed E-state index contributed by atoms with van der Waals surface area (Å²) in [4.78, 5) is 18.5. The molecule has 0 bridgehead atoms. The van der Waals surface area contributed by atoms with E-state index in [2.05, 4.69) is 21.2 Å². The van der Waals surface area contributed by atoms with E-state index < -0.39 is 0 Å². The van der Waals surface area contributed by atoms with Crippen molar-refractivity contribution >= 4 is 22.2 Å². The predicted octanol–water partition coefficient (Wildman–Crippen LogP) is 4.17. The second-order valence-corrected chi connectivity index (χ2v) is 9.57. The topological polar surface area (TPSA) is 59.4 Å². The maximum atomic E-state index is 13.1. The van der Waals surface area contributed by atoms with Crippen LogP contribution in [0.15, 0.2) is 24.3 Å². The minimum atomic E-state index is -0.211. The number of nitriles is 1. The van der Waals surface area contributed by atoms with Crippen LogP contribution in [0.4, 0.5) is 9.39 Å². The molecule has 1 saturated heterocycles. The number of anilines is 1. The van der Waals surface area contributed by atoms with Gasteiger partial charge in [0.2, 0.25) is 5.91 Å². The highest BCUT2D eigenvalue weighted by molar-refractivity contribution is 7.16. The van der Waals surface area contributed by atoms with E-state index in [0.29, 0.717) is 12.1 Å². The van der Waals surface area contributed by atoms with Crippen LogP contribution >= 0.6 is 11.3 Å². The molecule has 5 nitrogen and oxygen atoms in total. The lowest BCUT2D eigenvalue weighted by atomic mass is 9.97. The van der Waals surface area contributed by atoms with E-state index in [4.69, 9.17) is 0 Å². The monoisotopic (exact) mass is 440 g/mol. The summed E-state index contributed by atoms with van der Waals surface area (Å²) in [5.41, 5.74) is 2.95. The number of carbonyl (C=O) groups is 1. The molecule has 0 unspecified atom stereocenters. The van der Waals surface area contributed by atoms with Crippen LogP contribution in [0.25, 0.3) is 0 Å². The number of carbonyl (C=O) groups excluding carboxylic acids is 1. The number of fused-ring (bicyclic) bond motifs is 1. The molecule has 0 saturated carbocycles. The van der Waals surface area contributed by atoms with Gasteiger partial charge in [-0.1, -0.05) is 25.0 Å². The Morgan fingerprint density at radius 2 is 1.71 bits per heavy atom. The van der Waals surface area contributed by atoms with Crippen LogP contribution in [-0.4, -0.2) is 48.4 Å². The van der Waals surface area contributed by atoms with Gasteiger partial charge in [0.05, 0.1) is 12.1 Å². The molecule has 1 amide bonds. The minimum absolute atomic E-state index is 0.0438. The van der Waals surface area contributed by atoms with Crippen LogP contribution < -0.4 is 5.32 Å². The maximum absolute atomic E-state index is 13.1. The summed E-state index contributed by atoms with van der Waals surface area (Å²) in [6, 6.07) is 8.99. The molecule has 164 valence electrons. The molecule has 4 rings (SSSR count). The number of benzene rings is 1. The van der Waals surface area contributed by atoms with Gasteiger partial charge in [0, 0.05) is 37.6 Å². The quantitative estimate of drug-likeness (QED) is 0.758. The molecule has 0 spiro atoms. The first-order chi connectivity index (χ1) is 15.1. The standard InChI is InChI=1S/C24H29FN4OS/c25-19-9-7-18(8-10-19)16-28-11-13-29(14-12-28)17-23(30)27-24-21(15-26)20-5-3-1-2-4-6-22(20)31-24/h7-10H,1-6,11-14,16-17H2,(H,27,30). The first-order valence-electron chi connectivity index (χ1n) is 11.2. The van der Waals surface area contributed by atoms with Gasteiger partial charge in [0.15, 0.2) is 0 Å². The summed E-state index contributed by atoms with van der Waals surface area (Å²) in [5, 5.41) is 13.5. The van der Waals surface area contributed by atoms with E-state index in [1.165, 1.54) is 29.9 Å². The van der Waals surface area contributed by atoms with Crippen LogP contribution in [-0.2, 0) is 24.2 Å². The number of hydrogen-bond acceptors (Lipinski definition) is 5. The Hall–Kier alpha value is -2.27. The lowest BCUT2D eigenvalue weighted by Crippen LogP contribution is -2.48. The van der Waals surface area contributed by atoms with Crippen molar-refractivity contribution in [2.75, 3.05) is 38.0 Å². The largest absolute Gasteiger partial charge is 0.315 e. The minimum Gasteiger partial charge on any atom is -0.315 e. The molecule has 7 heteroatoms. The summed E-state index contributed by atoms with van der Waals surface area (Å²) >= 11 is 1.59. The van der Waals surface area contributed by atoms with Crippen LogP contribution in [0, 0.1) is 17.1 Å². The summed E-state index contributed by atoms with van der Waals surface area (Å²) in [5.74, 6) is -0.255. The Kier molecular flexibility index (Phi) is 7.33. The average Bonchev–Trinajstić information content (AvgIpc) is 3.06. The third kappa shape index (κ3) is 5.70. The van der Waals surface area contributed by atoms with Crippen LogP contribution in [0.2, 0.25) is 0 Å². The number of piperazine rings is 1. The van der Waals surface area contributed by atoms with Crippen molar-refractivity contribution in [2.45, 2.75) is 45.1 Å². The first kappa shape index (κ1) is 21.9. The molecular weight excluding hydrogens is 411 g/mol. The Balaban J connectivity index is 1.29. The van der Waals surface area contributed by atoms with Gasteiger partial charge in [0.25, 0.3) is 0 Å². The van der Waals surface area contributed by atoms with Gasteiger partial charge in [-0.05, 0) is 48.9 Å². The smallest absolute Gasteiger partial charge is 0.239 e. The lowest BCUT2D eigenvalue weighted by molar-refractivity contribution is -0.117. The molecule has 1 aromatic heterocycles. The van der Waals surface area contributed by atoms with Gasteiger partial charge in [-0.3, -0.25) is 14.6 Å². The van der Waals surface area contributed by atoms with Gasteiger partial charge >= 0.3 is 0 Å². The van der Waals surface area contributed by atoms with E-state index in [0.717, 1.165) is 74.5 Å². The third-order valence-electron chi connectivity index (χ3n) is 6.19. The van der Waals surface area contributed by atoms with Crippen molar-refractivity contribution in [2.24, 2.45) is 0 Å². The molecule has 1 aliphatic heterocycles. The maximum Gasteiger partial charge on any atom is 0.239 e. The summed E-state index contributed by atoms with van der Waals surface area (Å²) in [7, 11) is 0. The number of hydrogen-bond donors (Lipinski definition) is 1.